The molecule has 0 unspecified atom stereocenters. The second kappa shape index (κ2) is 7.35. The number of aliphatic carboxylic acids is 1. The number of benzene rings is 2. The zero-order valence-corrected chi connectivity index (χ0v) is 15.9. The maximum Gasteiger partial charge on any atom is 0.324 e. The molecular weight excluding hydrogens is 386 g/mol. The van der Waals surface area contributed by atoms with Crippen LogP contribution < -0.4 is 9.47 Å². The molecule has 2 aromatic rings. The van der Waals surface area contributed by atoms with Crippen molar-refractivity contribution in [1.82, 2.24) is 4.31 Å². The first-order valence-corrected chi connectivity index (χ1v) is 9.55. The first-order chi connectivity index (χ1) is 13.3. The standard InChI is InChI=1S/C19H17NO7S/c1-26-14-7-3-12(4-8-14)17-18(13-5-9-15(27-2)10-6-13)28(24,25)20(19(17)23)11-16(21)22/h3-10H,11H2,1-2H3,(H,21,22). The molecule has 1 aliphatic rings. The van der Waals surface area contributed by atoms with Crippen LogP contribution in [0.1, 0.15) is 11.1 Å². The van der Waals surface area contributed by atoms with Crippen LogP contribution in [0.2, 0.25) is 0 Å². The molecular formula is C19H17NO7S. The van der Waals surface area contributed by atoms with Crippen LogP contribution in [0.25, 0.3) is 10.5 Å². The molecule has 1 N–H and O–H groups in total. The number of hydrogen-bond donors (Lipinski definition) is 1. The van der Waals surface area contributed by atoms with E-state index in [1.165, 1.54) is 26.4 Å². The van der Waals surface area contributed by atoms with Crippen LogP contribution in [-0.2, 0) is 19.6 Å². The van der Waals surface area contributed by atoms with Gasteiger partial charge in [-0.25, -0.2) is 12.7 Å². The molecule has 146 valence electrons. The van der Waals surface area contributed by atoms with Gasteiger partial charge in [0.05, 0.1) is 19.8 Å². The van der Waals surface area contributed by atoms with Crippen molar-refractivity contribution in [2.45, 2.75) is 0 Å². The van der Waals surface area contributed by atoms with E-state index in [-0.39, 0.29) is 16.0 Å². The van der Waals surface area contributed by atoms with Gasteiger partial charge in [-0.2, -0.15) is 0 Å². The topological polar surface area (TPSA) is 110 Å². The van der Waals surface area contributed by atoms with Gasteiger partial charge in [-0.05, 0) is 47.5 Å². The van der Waals surface area contributed by atoms with Gasteiger partial charge in [0.25, 0.3) is 15.9 Å². The minimum atomic E-state index is -4.35. The molecule has 0 aliphatic carbocycles. The van der Waals surface area contributed by atoms with Crippen LogP contribution in [0.4, 0.5) is 0 Å². The fourth-order valence-electron chi connectivity index (χ4n) is 2.90. The lowest BCUT2D eigenvalue weighted by Gasteiger charge is -2.14. The summed E-state index contributed by atoms with van der Waals surface area (Å²) in [4.78, 5) is 23.8. The van der Waals surface area contributed by atoms with E-state index in [4.69, 9.17) is 14.6 Å². The lowest BCUT2D eigenvalue weighted by molar-refractivity contribution is -0.139. The van der Waals surface area contributed by atoms with E-state index in [0.717, 1.165) is 0 Å². The Labute approximate surface area is 161 Å². The van der Waals surface area contributed by atoms with Crippen molar-refractivity contribution < 1.29 is 32.6 Å². The van der Waals surface area contributed by atoms with Gasteiger partial charge >= 0.3 is 5.97 Å². The van der Waals surface area contributed by atoms with E-state index in [0.29, 0.717) is 21.4 Å². The summed E-state index contributed by atoms with van der Waals surface area (Å²) in [6.07, 6.45) is 0. The molecule has 0 saturated heterocycles. The number of methoxy groups -OCH3 is 2. The Kier molecular flexibility index (Phi) is 5.10. The van der Waals surface area contributed by atoms with E-state index in [1.54, 1.807) is 36.4 Å². The van der Waals surface area contributed by atoms with E-state index in [1.807, 2.05) is 0 Å². The van der Waals surface area contributed by atoms with Crippen LogP contribution in [0.5, 0.6) is 11.5 Å². The lowest BCUT2D eigenvalue weighted by Crippen LogP contribution is -2.36. The Hall–Kier alpha value is -3.33. The normalized spacial score (nSPS) is 15.6. The van der Waals surface area contributed by atoms with Gasteiger partial charge in [-0.1, -0.05) is 12.1 Å². The summed E-state index contributed by atoms with van der Waals surface area (Å²) in [6.45, 7) is -0.958. The van der Waals surface area contributed by atoms with E-state index in [9.17, 15) is 18.0 Å². The Morgan fingerprint density at radius 1 is 0.929 bits per heavy atom. The van der Waals surface area contributed by atoms with Crippen molar-refractivity contribution in [3.8, 4) is 11.5 Å². The van der Waals surface area contributed by atoms with Crippen molar-refractivity contribution in [3.05, 3.63) is 59.7 Å². The predicted octanol–water partition coefficient (Wildman–Crippen LogP) is 1.83. The van der Waals surface area contributed by atoms with Gasteiger partial charge in [-0.3, -0.25) is 9.59 Å². The van der Waals surface area contributed by atoms with Crippen LogP contribution in [0.15, 0.2) is 48.5 Å². The summed E-state index contributed by atoms with van der Waals surface area (Å²) < 4.78 is 36.6. The van der Waals surface area contributed by atoms with Crippen LogP contribution in [0.3, 0.4) is 0 Å². The molecule has 0 spiro atoms. The molecule has 2 aromatic carbocycles. The Morgan fingerprint density at radius 3 is 1.82 bits per heavy atom. The molecule has 1 heterocycles. The zero-order chi connectivity index (χ0) is 20.5. The number of carbonyl (C=O) groups is 2. The van der Waals surface area contributed by atoms with Crippen molar-refractivity contribution in [2.24, 2.45) is 0 Å². The molecule has 28 heavy (non-hydrogen) atoms. The highest BCUT2D eigenvalue weighted by Gasteiger charge is 2.45. The summed E-state index contributed by atoms with van der Waals surface area (Å²) in [5.41, 5.74) is 0.509. The fraction of sp³-hybridized carbons (Fsp3) is 0.158. The lowest BCUT2D eigenvalue weighted by atomic mass is 10.0. The van der Waals surface area contributed by atoms with E-state index < -0.39 is 28.4 Å². The number of carboxylic acid groups (broad SMARTS) is 1. The van der Waals surface area contributed by atoms with Crippen LogP contribution in [-0.4, -0.2) is 50.5 Å². The summed E-state index contributed by atoms with van der Waals surface area (Å²) >= 11 is 0. The monoisotopic (exact) mass is 403 g/mol. The van der Waals surface area contributed by atoms with E-state index >= 15 is 0 Å². The molecule has 0 fully saturated rings. The first-order valence-electron chi connectivity index (χ1n) is 8.11. The molecule has 0 bridgehead atoms. The number of sulfonamides is 1. The molecule has 0 radical (unpaired) electrons. The molecule has 0 atom stereocenters. The molecule has 3 rings (SSSR count). The third-order valence-corrected chi connectivity index (χ3v) is 6.06. The molecule has 0 aromatic heterocycles. The van der Waals surface area contributed by atoms with Gasteiger partial charge in [0.2, 0.25) is 0 Å². The molecule has 1 amide bonds. The third-order valence-electron chi connectivity index (χ3n) is 4.23. The number of rotatable bonds is 6. The number of amides is 1. The summed E-state index contributed by atoms with van der Waals surface area (Å²) in [6, 6.07) is 12.4. The van der Waals surface area contributed by atoms with Crippen molar-refractivity contribution in [2.75, 3.05) is 20.8 Å². The Bertz CT molecular complexity index is 1050. The van der Waals surface area contributed by atoms with Gasteiger partial charge < -0.3 is 14.6 Å². The van der Waals surface area contributed by atoms with E-state index in [2.05, 4.69) is 0 Å². The summed E-state index contributed by atoms with van der Waals surface area (Å²) in [5, 5.41) is 9.06. The molecule has 9 heteroatoms. The van der Waals surface area contributed by atoms with Crippen molar-refractivity contribution in [1.29, 1.82) is 0 Å². The minimum Gasteiger partial charge on any atom is -0.497 e. The molecule has 1 aliphatic heterocycles. The highest BCUT2D eigenvalue weighted by molar-refractivity contribution is 8.00. The van der Waals surface area contributed by atoms with Gasteiger partial charge in [0.15, 0.2) is 0 Å². The average molecular weight is 403 g/mol. The average Bonchev–Trinajstić information content (AvgIpc) is 2.88. The number of nitrogens with zero attached hydrogens (tertiary/aromatic N) is 1. The maximum absolute atomic E-state index is 13.0. The first kappa shape index (κ1) is 19.4. The maximum atomic E-state index is 13.0. The predicted molar refractivity (Wildman–Crippen MR) is 101 cm³/mol. The van der Waals surface area contributed by atoms with Crippen LogP contribution in [0, 0.1) is 0 Å². The van der Waals surface area contributed by atoms with Gasteiger partial charge in [0.1, 0.15) is 22.9 Å². The summed E-state index contributed by atoms with van der Waals surface area (Å²) in [7, 11) is -1.39. The highest BCUT2D eigenvalue weighted by atomic mass is 32.2. The smallest absolute Gasteiger partial charge is 0.324 e. The fourth-order valence-corrected chi connectivity index (χ4v) is 4.61. The number of carboxylic acids is 1. The second-order valence-electron chi connectivity index (χ2n) is 5.87. The Balaban J connectivity index is 2.24. The molecule has 8 nitrogen and oxygen atoms in total. The number of carbonyl (C=O) groups excluding carboxylic acids is 1. The van der Waals surface area contributed by atoms with Crippen LogP contribution >= 0.6 is 0 Å². The quantitative estimate of drug-likeness (QED) is 0.783. The minimum absolute atomic E-state index is 0.0888. The van der Waals surface area contributed by atoms with Gasteiger partial charge in [-0.15, -0.1) is 0 Å². The van der Waals surface area contributed by atoms with Crippen molar-refractivity contribution >= 4 is 32.4 Å². The van der Waals surface area contributed by atoms with Crippen molar-refractivity contribution in [3.63, 3.8) is 0 Å². The largest absolute Gasteiger partial charge is 0.497 e. The highest BCUT2D eigenvalue weighted by Crippen LogP contribution is 2.41. The Morgan fingerprint density at radius 2 is 1.39 bits per heavy atom. The second-order valence-corrected chi connectivity index (χ2v) is 7.67. The third kappa shape index (κ3) is 3.31. The molecule has 0 saturated carbocycles. The SMILES string of the molecule is COc1ccc(C2=C(c3ccc(OC)cc3)S(=O)(=O)N(CC(=O)O)C2=O)cc1. The van der Waals surface area contributed by atoms with Gasteiger partial charge in [0, 0.05) is 0 Å². The zero-order valence-electron chi connectivity index (χ0n) is 15.1. The summed E-state index contributed by atoms with van der Waals surface area (Å²) in [5.74, 6) is -1.27. The number of ether oxygens (including phenoxy) is 2. The number of hydrogen-bond acceptors (Lipinski definition) is 6.